The van der Waals surface area contributed by atoms with Gasteiger partial charge >= 0.3 is 0 Å². The number of morpholine rings is 1. The van der Waals surface area contributed by atoms with Crippen LogP contribution in [0.15, 0.2) is 18.2 Å². The molecular weight excluding hydrogens is 299 g/mol. The molecule has 1 fully saturated rings. The van der Waals surface area contributed by atoms with E-state index < -0.39 is 0 Å². The second kappa shape index (κ2) is 6.76. The molecule has 1 aromatic carbocycles. The quantitative estimate of drug-likeness (QED) is 0.889. The Morgan fingerprint density at radius 2 is 1.85 bits per heavy atom. The van der Waals surface area contributed by atoms with Gasteiger partial charge in [0.1, 0.15) is 25.3 Å². The lowest BCUT2D eigenvalue weighted by molar-refractivity contribution is -0.907. The normalized spacial score (nSPS) is 26.3. The third kappa shape index (κ3) is 4.09. The lowest BCUT2D eigenvalue weighted by Gasteiger charge is -2.31. The largest absolute Gasteiger partial charge is 0.364 e. The molecule has 1 heterocycles. The predicted molar refractivity (Wildman–Crippen MR) is 80.7 cm³/mol. The number of hydrogen-bond donors (Lipinski definition) is 2. The van der Waals surface area contributed by atoms with Gasteiger partial charge in [0, 0.05) is 0 Å². The Hall–Kier alpha value is -0.810. The van der Waals surface area contributed by atoms with E-state index in [4.69, 9.17) is 27.9 Å². The van der Waals surface area contributed by atoms with Crippen LogP contribution in [0.2, 0.25) is 10.0 Å². The molecule has 0 bridgehead atoms. The average Bonchev–Trinajstić information content (AvgIpc) is 2.32. The lowest BCUT2D eigenvalue weighted by atomic mass is 10.2. The minimum Gasteiger partial charge on any atom is -0.364 e. The molecule has 1 aliphatic rings. The van der Waals surface area contributed by atoms with Crippen molar-refractivity contribution in [1.29, 1.82) is 0 Å². The van der Waals surface area contributed by atoms with Gasteiger partial charge in [-0.3, -0.25) is 4.79 Å². The van der Waals surface area contributed by atoms with E-state index in [1.807, 2.05) is 13.8 Å². The number of amides is 1. The molecule has 0 radical (unpaired) electrons. The van der Waals surface area contributed by atoms with E-state index in [1.165, 1.54) is 4.90 Å². The van der Waals surface area contributed by atoms with Crippen LogP contribution in [-0.2, 0) is 9.53 Å². The zero-order valence-electron chi connectivity index (χ0n) is 11.6. The first-order chi connectivity index (χ1) is 9.45. The number of benzene rings is 1. The monoisotopic (exact) mass is 317 g/mol. The highest BCUT2D eigenvalue weighted by Gasteiger charge is 2.27. The van der Waals surface area contributed by atoms with Gasteiger partial charge in [0.2, 0.25) is 0 Å². The fourth-order valence-corrected chi connectivity index (χ4v) is 3.05. The Morgan fingerprint density at radius 1 is 1.30 bits per heavy atom. The molecule has 1 unspecified atom stereocenters. The van der Waals surface area contributed by atoms with Gasteiger partial charge in [0.05, 0.1) is 15.7 Å². The SMILES string of the molecule is C[C@@H]1C[NH+](CC(=O)Nc2c(Cl)cccc2Cl)C[C@H](C)O1. The highest BCUT2D eigenvalue weighted by molar-refractivity contribution is 6.39. The van der Waals surface area contributed by atoms with Crippen molar-refractivity contribution in [2.24, 2.45) is 0 Å². The molecule has 1 amide bonds. The van der Waals surface area contributed by atoms with Crippen molar-refractivity contribution in [2.75, 3.05) is 25.0 Å². The molecule has 1 aliphatic heterocycles. The summed E-state index contributed by atoms with van der Waals surface area (Å²) in [5.41, 5.74) is 0.481. The fourth-order valence-electron chi connectivity index (χ4n) is 2.56. The summed E-state index contributed by atoms with van der Waals surface area (Å²) in [5.74, 6) is -0.0868. The van der Waals surface area contributed by atoms with E-state index in [0.29, 0.717) is 22.3 Å². The molecule has 6 heteroatoms. The summed E-state index contributed by atoms with van der Waals surface area (Å²) in [6.45, 7) is 6.10. The van der Waals surface area contributed by atoms with Crippen LogP contribution in [0, 0.1) is 0 Å². The highest BCUT2D eigenvalue weighted by atomic mass is 35.5. The first-order valence-electron chi connectivity index (χ1n) is 6.68. The van der Waals surface area contributed by atoms with Gasteiger partial charge < -0.3 is 15.0 Å². The lowest BCUT2D eigenvalue weighted by Crippen LogP contribution is -3.16. The maximum atomic E-state index is 12.1. The molecule has 4 nitrogen and oxygen atoms in total. The molecule has 2 N–H and O–H groups in total. The van der Waals surface area contributed by atoms with Crippen LogP contribution in [0.4, 0.5) is 5.69 Å². The maximum Gasteiger partial charge on any atom is 0.279 e. The van der Waals surface area contributed by atoms with Crippen molar-refractivity contribution in [3.8, 4) is 0 Å². The van der Waals surface area contributed by atoms with E-state index in [2.05, 4.69) is 5.32 Å². The molecule has 0 aromatic heterocycles. The number of hydrogen-bond acceptors (Lipinski definition) is 2. The van der Waals surface area contributed by atoms with E-state index in [-0.39, 0.29) is 18.1 Å². The number of ether oxygens (including phenoxy) is 1. The topological polar surface area (TPSA) is 42.8 Å². The van der Waals surface area contributed by atoms with Crippen LogP contribution in [0.1, 0.15) is 13.8 Å². The van der Waals surface area contributed by atoms with Gasteiger partial charge in [0.15, 0.2) is 6.54 Å². The maximum absolute atomic E-state index is 12.1. The van der Waals surface area contributed by atoms with Crippen molar-refractivity contribution in [3.63, 3.8) is 0 Å². The van der Waals surface area contributed by atoms with Gasteiger partial charge in [0.25, 0.3) is 5.91 Å². The minimum atomic E-state index is -0.0868. The average molecular weight is 318 g/mol. The number of quaternary nitrogens is 1. The van der Waals surface area contributed by atoms with E-state index in [0.717, 1.165) is 13.1 Å². The van der Waals surface area contributed by atoms with E-state index in [1.54, 1.807) is 18.2 Å². The summed E-state index contributed by atoms with van der Waals surface area (Å²) in [6.07, 6.45) is 0.343. The Bertz CT molecular complexity index is 466. The molecule has 1 saturated heterocycles. The Labute approximate surface area is 129 Å². The zero-order chi connectivity index (χ0) is 14.7. The first kappa shape index (κ1) is 15.6. The fraction of sp³-hybridized carbons (Fsp3) is 0.500. The molecule has 1 aromatic rings. The second-order valence-electron chi connectivity index (χ2n) is 5.24. The summed E-state index contributed by atoms with van der Waals surface area (Å²) in [5, 5.41) is 3.69. The molecule has 20 heavy (non-hydrogen) atoms. The predicted octanol–water partition coefficient (Wildman–Crippen LogP) is 1.62. The van der Waals surface area contributed by atoms with Crippen LogP contribution in [0.3, 0.4) is 0 Å². The van der Waals surface area contributed by atoms with E-state index in [9.17, 15) is 4.79 Å². The number of anilines is 1. The van der Waals surface area contributed by atoms with Crippen molar-refractivity contribution in [3.05, 3.63) is 28.2 Å². The van der Waals surface area contributed by atoms with E-state index >= 15 is 0 Å². The van der Waals surface area contributed by atoms with Gasteiger partial charge in [-0.05, 0) is 26.0 Å². The second-order valence-corrected chi connectivity index (χ2v) is 6.05. The number of nitrogens with one attached hydrogen (secondary N) is 2. The number of para-hydroxylation sites is 1. The van der Waals surface area contributed by atoms with Gasteiger partial charge in [-0.15, -0.1) is 0 Å². The Balaban J connectivity index is 1.95. The number of halogens is 2. The molecule has 2 rings (SSSR count). The molecule has 3 atom stereocenters. The van der Waals surface area contributed by atoms with Crippen LogP contribution in [0.25, 0.3) is 0 Å². The van der Waals surface area contributed by atoms with Crippen molar-refractivity contribution < 1.29 is 14.4 Å². The smallest absolute Gasteiger partial charge is 0.279 e. The van der Waals surface area contributed by atoms with Crippen LogP contribution >= 0.6 is 23.2 Å². The molecule has 0 spiro atoms. The summed E-state index contributed by atoms with van der Waals surface area (Å²) >= 11 is 12.1. The first-order valence-corrected chi connectivity index (χ1v) is 7.44. The van der Waals surface area contributed by atoms with Crippen LogP contribution in [0.5, 0.6) is 0 Å². The van der Waals surface area contributed by atoms with Gasteiger partial charge in [-0.2, -0.15) is 0 Å². The summed E-state index contributed by atoms with van der Waals surface area (Å²) in [4.78, 5) is 13.3. The van der Waals surface area contributed by atoms with Crippen molar-refractivity contribution >= 4 is 34.8 Å². The van der Waals surface area contributed by atoms with Crippen LogP contribution in [-0.4, -0.2) is 37.7 Å². The summed E-state index contributed by atoms with van der Waals surface area (Å²) in [7, 11) is 0. The Kier molecular flexibility index (Phi) is 5.27. The Morgan fingerprint density at radius 3 is 2.40 bits per heavy atom. The molecule has 0 saturated carbocycles. The van der Waals surface area contributed by atoms with Crippen molar-refractivity contribution in [1.82, 2.24) is 0 Å². The van der Waals surface area contributed by atoms with Gasteiger partial charge in [-0.25, -0.2) is 0 Å². The van der Waals surface area contributed by atoms with Gasteiger partial charge in [-0.1, -0.05) is 29.3 Å². The number of carbonyl (C=O) groups excluding carboxylic acids is 1. The summed E-state index contributed by atoms with van der Waals surface area (Å²) in [6, 6.07) is 5.15. The zero-order valence-corrected chi connectivity index (χ0v) is 13.1. The summed E-state index contributed by atoms with van der Waals surface area (Å²) < 4.78 is 5.66. The minimum absolute atomic E-state index is 0.0868. The number of carbonyl (C=O) groups is 1. The molecule has 0 aliphatic carbocycles. The number of rotatable bonds is 3. The van der Waals surface area contributed by atoms with Crippen molar-refractivity contribution in [2.45, 2.75) is 26.1 Å². The third-order valence-electron chi connectivity index (χ3n) is 3.25. The molecular formula is C14H19Cl2N2O2+. The van der Waals surface area contributed by atoms with Crippen LogP contribution < -0.4 is 10.2 Å². The standard InChI is InChI=1S/C14H18Cl2N2O2/c1-9-6-18(7-10(2)20-9)8-13(19)17-14-11(15)4-3-5-12(14)16/h3-5,9-10H,6-8H2,1-2H3,(H,17,19)/p+1/t9-,10+. The molecule has 110 valence electrons. The highest BCUT2D eigenvalue weighted by Crippen LogP contribution is 2.29. The third-order valence-corrected chi connectivity index (χ3v) is 3.88.